The maximum Gasteiger partial charge on any atom is 0.338 e. The smallest absolute Gasteiger partial charge is 0.338 e. The largest absolute Gasteiger partial charge is 0.494 e. The molecule has 0 saturated carbocycles. The van der Waals surface area contributed by atoms with Crippen molar-refractivity contribution in [2.24, 2.45) is 4.99 Å². The van der Waals surface area contributed by atoms with Crippen molar-refractivity contribution in [3.05, 3.63) is 119 Å². The van der Waals surface area contributed by atoms with E-state index in [1.807, 2.05) is 55.5 Å². The van der Waals surface area contributed by atoms with E-state index in [2.05, 4.69) is 50.2 Å². The first-order valence-electron chi connectivity index (χ1n) is 13.6. The molecule has 12 heteroatoms. The van der Waals surface area contributed by atoms with Crippen LogP contribution in [-0.2, 0) is 16.1 Å². The Morgan fingerprint density at radius 2 is 1.77 bits per heavy atom. The minimum Gasteiger partial charge on any atom is -0.494 e. The maximum absolute atomic E-state index is 14.1. The molecule has 0 amide bonds. The Bertz CT molecular complexity index is 1950. The summed E-state index contributed by atoms with van der Waals surface area (Å²) in [5, 5.41) is 0.922. The zero-order valence-corrected chi connectivity index (χ0v) is 30.5. The first-order valence-corrected chi connectivity index (χ1v) is 17.3. The summed E-state index contributed by atoms with van der Waals surface area (Å²) in [4.78, 5) is 32.5. The fourth-order valence-corrected chi connectivity index (χ4v) is 8.19. The number of allylic oxidation sites excluding steroid dienone is 1. The molecule has 0 radical (unpaired) electrons. The molecule has 3 aromatic carbocycles. The molecular weight excluding hydrogens is 849 g/mol. The zero-order valence-electron chi connectivity index (χ0n) is 23.8. The van der Waals surface area contributed by atoms with Crippen molar-refractivity contribution in [1.82, 2.24) is 4.57 Å². The number of benzene rings is 3. The summed E-state index contributed by atoms with van der Waals surface area (Å²) >= 11 is 18.0. The van der Waals surface area contributed by atoms with Crippen molar-refractivity contribution in [2.45, 2.75) is 33.4 Å². The Balaban J connectivity index is 1.62. The molecule has 0 aliphatic carbocycles. The number of thiazole rings is 1. The molecule has 0 unspecified atom stereocenters. The maximum atomic E-state index is 14.1. The van der Waals surface area contributed by atoms with Gasteiger partial charge in [-0.05, 0) is 120 Å². The van der Waals surface area contributed by atoms with Crippen LogP contribution < -0.4 is 24.4 Å². The highest BCUT2D eigenvalue weighted by atomic mass is 127. The van der Waals surface area contributed by atoms with Crippen LogP contribution in [-0.4, -0.2) is 23.8 Å². The van der Waals surface area contributed by atoms with Crippen LogP contribution in [0.5, 0.6) is 11.5 Å². The van der Waals surface area contributed by atoms with E-state index in [1.54, 1.807) is 30.5 Å². The van der Waals surface area contributed by atoms with Crippen molar-refractivity contribution in [3.63, 3.8) is 0 Å². The third kappa shape index (κ3) is 7.04. The van der Waals surface area contributed by atoms with E-state index in [-0.39, 0.29) is 18.8 Å². The summed E-state index contributed by atoms with van der Waals surface area (Å²) in [5.74, 6) is 0.824. The second-order valence-electron chi connectivity index (χ2n) is 9.65. The average Bonchev–Trinajstić information content (AvgIpc) is 3.28. The lowest BCUT2D eigenvalue weighted by Gasteiger charge is -2.24. The standard InChI is InChI=1S/C32H26Cl2I2N2O5S/c1-4-41-22-9-7-19(8-10-22)28-27(31(40)42-5-2)17(3)37-32-38(28)30(39)26(44-32)14-20-13-21(35)15-25(36)29(20)43-16-18-6-11-23(33)24(34)12-18/h6-15,28H,4-5,16H2,1-3H3/b26-14-/t28-/m0/s1. The Morgan fingerprint density at radius 3 is 2.45 bits per heavy atom. The predicted molar refractivity (Wildman–Crippen MR) is 191 cm³/mol. The molecule has 1 atom stereocenters. The number of hydrogen-bond acceptors (Lipinski definition) is 7. The highest BCUT2D eigenvalue weighted by Gasteiger charge is 2.33. The number of ether oxygens (including phenoxy) is 3. The SMILES string of the molecule is CCOC(=O)C1=C(C)N=c2s/c(=C\c3cc(I)cc(I)c3OCc3ccc(Cl)c(Cl)c3)c(=O)n2[C@H]1c1ccc(OCC)cc1. The lowest BCUT2D eigenvalue weighted by Crippen LogP contribution is -2.39. The van der Waals surface area contributed by atoms with Gasteiger partial charge >= 0.3 is 5.97 Å². The van der Waals surface area contributed by atoms with Gasteiger partial charge in [0.05, 0.1) is 48.7 Å². The van der Waals surface area contributed by atoms with Crippen LogP contribution >= 0.6 is 79.7 Å². The van der Waals surface area contributed by atoms with Gasteiger partial charge in [-0.2, -0.15) is 0 Å². The number of hydrogen-bond donors (Lipinski definition) is 0. The number of rotatable bonds is 9. The molecule has 0 bridgehead atoms. The molecule has 0 spiro atoms. The van der Waals surface area contributed by atoms with Crippen LogP contribution in [0.15, 0.2) is 75.7 Å². The van der Waals surface area contributed by atoms with Gasteiger partial charge in [-0.25, -0.2) is 9.79 Å². The summed E-state index contributed by atoms with van der Waals surface area (Å²) in [6.45, 7) is 6.41. The van der Waals surface area contributed by atoms with Gasteiger partial charge in [0.2, 0.25) is 0 Å². The molecular formula is C32H26Cl2I2N2O5S. The molecule has 5 rings (SSSR count). The molecule has 7 nitrogen and oxygen atoms in total. The third-order valence-corrected chi connectivity index (χ3v) is 9.86. The van der Waals surface area contributed by atoms with Gasteiger partial charge in [-0.1, -0.05) is 52.7 Å². The molecule has 0 saturated heterocycles. The van der Waals surface area contributed by atoms with E-state index in [0.29, 0.717) is 48.8 Å². The van der Waals surface area contributed by atoms with Crippen LogP contribution in [0.2, 0.25) is 10.0 Å². The lowest BCUT2D eigenvalue weighted by molar-refractivity contribution is -0.139. The Hall–Kier alpha value is -2.39. The number of aromatic nitrogens is 1. The number of carbonyl (C=O) groups is 1. The van der Waals surface area contributed by atoms with Crippen molar-refractivity contribution >= 4 is 91.8 Å². The second kappa shape index (κ2) is 14.4. The van der Waals surface area contributed by atoms with Crippen LogP contribution in [0.3, 0.4) is 0 Å². The van der Waals surface area contributed by atoms with Gasteiger partial charge < -0.3 is 14.2 Å². The van der Waals surface area contributed by atoms with E-state index < -0.39 is 12.0 Å². The fraction of sp³-hybridized carbons (Fsp3) is 0.219. The van der Waals surface area contributed by atoms with Crippen molar-refractivity contribution in [2.75, 3.05) is 13.2 Å². The number of fused-ring (bicyclic) bond motifs is 1. The van der Waals surface area contributed by atoms with Crippen LogP contribution in [0.1, 0.15) is 43.5 Å². The van der Waals surface area contributed by atoms with Crippen LogP contribution in [0, 0.1) is 7.14 Å². The molecule has 4 aromatic rings. The Labute approximate surface area is 295 Å². The predicted octanol–water partition coefficient (Wildman–Crippen LogP) is 7.29. The summed E-state index contributed by atoms with van der Waals surface area (Å²) in [5.41, 5.74) is 2.90. The Kier molecular flexibility index (Phi) is 10.8. The van der Waals surface area contributed by atoms with Crippen LogP contribution in [0.4, 0.5) is 0 Å². The van der Waals surface area contributed by atoms with E-state index in [0.717, 1.165) is 23.8 Å². The van der Waals surface area contributed by atoms with Gasteiger partial charge in [0, 0.05) is 9.13 Å². The van der Waals surface area contributed by atoms with Crippen molar-refractivity contribution in [1.29, 1.82) is 0 Å². The molecule has 1 aromatic heterocycles. The van der Waals surface area contributed by atoms with Gasteiger partial charge in [0.15, 0.2) is 4.80 Å². The summed E-state index contributed by atoms with van der Waals surface area (Å²) in [6, 6.07) is 16.0. The van der Waals surface area contributed by atoms with Crippen molar-refractivity contribution in [3.8, 4) is 11.5 Å². The molecule has 2 heterocycles. The molecule has 1 aliphatic rings. The lowest BCUT2D eigenvalue weighted by atomic mass is 9.96. The number of nitrogens with zero attached hydrogens (tertiary/aromatic N) is 2. The number of esters is 1. The summed E-state index contributed by atoms with van der Waals surface area (Å²) in [7, 11) is 0. The monoisotopic (exact) mass is 874 g/mol. The first kappa shape index (κ1) is 33.0. The third-order valence-electron chi connectivity index (χ3n) is 6.71. The quantitative estimate of drug-likeness (QED) is 0.131. The molecule has 1 aliphatic heterocycles. The fourth-order valence-electron chi connectivity index (χ4n) is 4.79. The topological polar surface area (TPSA) is 79.1 Å². The van der Waals surface area contributed by atoms with Crippen molar-refractivity contribution < 1.29 is 19.0 Å². The summed E-state index contributed by atoms with van der Waals surface area (Å²) < 4.78 is 21.2. The zero-order chi connectivity index (χ0) is 31.5. The van der Waals surface area contributed by atoms with E-state index >= 15 is 0 Å². The molecule has 0 N–H and O–H groups in total. The number of halogens is 4. The normalized spacial score (nSPS) is 14.7. The van der Waals surface area contributed by atoms with Gasteiger partial charge in [0.1, 0.15) is 18.1 Å². The molecule has 44 heavy (non-hydrogen) atoms. The van der Waals surface area contributed by atoms with E-state index in [9.17, 15) is 9.59 Å². The molecule has 228 valence electrons. The highest BCUT2D eigenvalue weighted by molar-refractivity contribution is 14.1. The average molecular weight is 875 g/mol. The van der Waals surface area contributed by atoms with Gasteiger partial charge in [-0.3, -0.25) is 9.36 Å². The minimum atomic E-state index is -0.718. The molecule has 0 fully saturated rings. The van der Waals surface area contributed by atoms with Gasteiger partial charge in [0.25, 0.3) is 5.56 Å². The number of carbonyl (C=O) groups excluding carboxylic acids is 1. The van der Waals surface area contributed by atoms with E-state index in [4.69, 9.17) is 37.4 Å². The Morgan fingerprint density at radius 1 is 1.02 bits per heavy atom. The highest BCUT2D eigenvalue weighted by Crippen LogP contribution is 2.33. The van der Waals surface area contributed by atoms with Gasteiger partial charge in [-0.15, -0.1) is 0 Å². The summed E-state index contributed by atoms with van der Waals surface area (Å²) in [6.07, 6.45) is 1.82. The van der Waals surface area contributed by atoms with E-state index in [1.165, 1.54) is 11.3 Å². The second-order valence-corrected chi connectivity index (χ2v) is 13.9. The first-order chi connectivity index (χ1) is 21.1. The van der Waals surface area contributed by atoms with Crippen LogP contribution in [0.25, 0.3) is 6.08 Å². The minimum absolute atomic E-state index is 0.201.